The monoisotopic (exact) mass is 330 g/mol. The van der Waals surface area contributed by atoms with Crippen LogP contribution in [0.25, 0.3) is 0 Å². The van der Waals surface area contributed by atoms with Crippen molar-refractivity contribution in [2.45, 2.75) is 32.1 Å². The Hall–Kier alpha value is -1.39. The quantitative estimate of drug-likeness (QED) is 0.871. The number of hydrogen-bond acceptors (Lipinski definition) is 3. The molecule has 2 aliphatic rings. The highest BCUT2D eigenvalue weighted by Crippen LogP contribution is 2.18. The first-order chi connectivity index (χ1) is 11.8. The maximum absolute atomic E-state index is 12.5. The summed E-state index contributed by atoms with van der Waals surface area (Å²) in [5.74, 6) is 0.893. The fourth-order valence-corrected chi connectivity index (χ4v) is 3.76. The topological polar surface area (TPSA) is 41.6 Å². The van der Waals surface area contributed by atoms with Crippen LogP contribution in [0.2, 0.25) is 0 Å². The number of rotatable bonds is 6. The van der Waals surface area contributed by atoms with Crippen molar-refractivity contribution >= 4 is 5.91 Å². The van der Waals surface area contributed by atoms with Crippen LogP contribution in [0, 0.1) is 11.8 Å². The molecule has 1 N–H and O–H groups in total. The van der Waals surface area contributed by atoms with Gasteiger partial charge in [0.1, 0.15) is 0 Å². The van der Waals surface area contributed by atoms with E-state index in [-0.39, 0.29) is 11.8 Å². The number of amides is 1. The maximum Gasteiger partial charge on any atom is 0.224 e. The minimum Gasteiger partial charge on any atom is -0.381 e. The number of ether oxygens (including phenoxy) is 1. The Labute approximate surface area is 145 Å². The second kappa shape index (κ2) is 9.19. The summed E-state index contributed by atoms with van der Waals surface area (Å²) in [5.41, 5.74) is 1.38. The first-order valence-corrected chi connectivity index (χ1v) is 9.43. The molecule has 2 atom stereocenters. The standard InChI is InChI=1S/C20H30N2O2/c23-20(21-14-18-8-5-13-24-16-18)19-9-4-11-22(15-19)12-10-17-6-2-1-3-7-17/h1-3,6-7,18-19H,4-5,8-16H2,(H,21,23)/t18-,19-/m0/s1. The Morgan fingerprint density at radius 1 is 1.21 bits per heavy atom. The van der Waals surface area contributed by atoms with E-state index >= 15 is 0 Å². The molecule has 2 heterocycles. The third kappa shape index (κ3) is 5.32. The van der Waals surface area contributed by atoms with Crippen LogP contribution in [0.3, 0.4) is 0 Å². The van der Waals surface area contributed by atoms with E-state index < -0.39 is 0 Å². The second-order valence-corrected chi connectivity index (χ2v) is 7.20. The van der Waals surface area contributed by atoms with Gasteiger partial charge in [0.25, 0.3) is 0 Å². The molecular formula is C20H30N2O2. The lowest BCUT2D eigenvalue weighted by atomic mass is 9.96. The Morgan fingerprint density at radius 2 is 2.08 bits per heavy atom. The highest BCUT2D eigenvalue weighted by Gasteiger charge is 2.26. The number of likely N-dealkylation sites (tertiary alicyclic amines) is 1. The van der Waals surface area contributed by atoms with Crippen molar-refractivity contribution in [3.63, 3.8) is 0 Å². The van der Waals surface area contributed by atoms with Gasteiger partial charge in [-0.1, -0.05) is 30.3 Å². The molecule has 2 fully saturated rings. The lowest BCUT2D eigenvalue weighted by molar-refractivity contribution is -0.127. The summed E-state index contributed by atoms with van der Waals surface area (Å²) in [4.78, 5) is 14.9. The van der Waals surface area contributed by atoms with E-state index in [4.69, 9.17) is 4.74 Å². The minimum atomic E-state index is 0.152. The Kier molecular flexibility index (Phi) is 6.67. The van der Waals surface area contributed by atoms with Gasteiger partial charge in [-0.25, -0.2) is 0 Å². The molecule has 3 rings (SSSR count). The van der Waals surface area contributed by atoms with Crippen molar-refractivity contribution in [1.29, 1.82) is 0 Å². The van der Waals surface area contributed by atoms with Crippen molar-refractivity contribution < 1.29 is 9.53 Å². The fourth-order valence-electron chi connectivity index (χ4n) is 3.76. The van der Waals surface area contributed by atoms with Crippen LogP contribution in [0.4, 0.5) is 0 Å². The molecule has 24 heavy (non-hydrogen) atoms. The number of benzene rings is 1. The zero-order valence-electron chi connectivity index (χ0n) is 14.6. The fraction of sp³-hybridized carbons (Fsp3) is 0.650. The van der Waals surface area contributed by atoms with E-state index in [0.717, 1.165) is 65.1 Å². The predicted molar refractivity (Wildman–Crippen MR) is 95.9 cm³/mol. The number of hydrogen-bond donors (Lipinski definition) is 1. The minimum absolute atomic E-state index is 0.152. The van der Waals surface area contributed by atoms with Crippen LogP contribution in [0.1, 0.15) is 31.2 Å². The highest BCUT2D eigenvalue weighted by molar-refractivity contribution is 5.78. The molecule has 0 saturated carbocycles. The second-order valence-electron chi connectivity index (χ2n) is 7.20. The normalized spacial score (nSPS) is 25.3. The molecule has 132 valence electrons. The molecule has 1 aromatic rings. The molecule has 0 aromatic heterocycles. The van der Waals surface area contributed by atoms with Gasteiger partial charge in [-0.2, -0.15) is 0 Å². The maximum atomic E-state index is 12.5. The van der Waals surface area contributed by atoms with Crippen LogP contribution in [0.5, 0.6) is 0 Å². The van der Waals surface area contributed by atoms with Crippen LogP contribution in [0.15, 0.2) is 30.3 Å². The molecule has 0 radical (unpaired) electrons. The van der Waals surface area contributed by atoms with Crippen molar-refractivity contribution in [3.05, 3.63) is 35.9 Å². The van der Waals surface area contributed by atoms with Gasteiger partial charge in [0.2, 0.25) is 5.91 Å². The van der Waals surface area contributed by atoms with Crippen molar-refractivity contribution in [3.8, 4) is 0 Å². The Morgan fingerprint density at radius 3 is 2.88 bits per heavy atom. The van der Waals surface area contributed by atoms with Crippen molar-refractivity contribution in [2.75, 3.05) is 39.4 Å². The van der Waals surface area contributed by atoms with Gasteiger partial charge in [0.15, 0.2) is 0 Å². The van der Waals surface area contributed by atoms with E-state index in [1.165, 1.54) is 12.0 Å². The predicted octanol–water partition coefficient (Wildman–Crippen LogP) is 2.48. The summed E-state index contributed by atoms with van der Waals surface area (Å²) < 4.78 is 5.49. The Bertz CT molecular complexity index is 500. The summed E-state index contributed by atoms with van der Waals surface area (Å²) in [6.07, 6.45) is 5.51. The van der Waals surface area contributed by atoms with E-state index in [1.807, 2.05) is 0 Å². The van der Waals surface area contributed by atoms with Gasteiger partial charge in [0.05, 0.1) is 12.5 Å². The SMILES string of the molecule is O=C(NC[C@@H]1CCCOC1)[C@H]1CCCN(CCc2ccccc2)C1. The van der Waals surface area contributed by atoms with E-state index in [2.05, 4.69) is 40.5 Å². The van der Waals surface area contributed by atoms with E-state index in [9.17, 15) is 4.79 Å². The van der Waals surface area contributed by atoms with Gasteiger partial charge in [-0.15, -0.1) is 0 Å². The highest BCUT2D eigenvalue weighted by atomic mass is 16.5. The van der Waals surface area contributed by atoms with Crippen molar-refractivity contribution in [1.82, 2.24) is 10.2 Å². The molecule has 0 bridgehead atoms. The first-order valence-electron chi connectivity index (χ1n) is 9.43. The number of carbonyl (C=O) groups is 1. The van der Waals surface area contributed by atoms with Gasteiger partial charge in [-0.05, 0) is 50.1 Å². The average molecular weight is 330 g/mol. The molecule has 0 aliphatic carbocycles. The summed E-state index contributed by atoms with van der Waals surface area (Å²) in [7, 11) is 0. The van der Waals surface area contributed by atoms with Crippen LogP contribution >= 0.6 is 0 Å². The summed E-state index contributed by atoms with van der Waals surface area (Å²) in [6.45, 7) is 5.52. The van der Waals surface area contributed by atoms with Crippen LogP contribution in [-0.4, -0.2) is 50.2 Å². The van der Waals surface area contributed by atoms with Gasteiger partial charge < -0.3 is 15.0 Å². The van der Waals surface area contributed by atoms with Crippen LogP contribution in [-0.2, 0) is 16.0 Å². The number of nitrogens with one attached hydrogen (secondary N) is 1. The lowest BCUT2D eigenvalue weighted by Gasteiger charge is -2.32. The zero-order chi connectivity index (χ0) is 16.6. The molecule has 4 heteroatoms. The summed E-state index contributed by atoms with van der Waals surface area (Å²) in [6, 6.07) is 10.6. The molecule has 1 amide bonds. The number of nitrogens with zero attached hydrogens (tertiary/aromatic N) is 1. The molecule has 0 unspecified atom stereocenters. The van der Waals surface area contributed by atoms with Gasteiger partial charge in [-0.3, -0.25) is 4.79 Å². The van der Waals surface area contributed by atoms with E-state index in [0.29, 0.717) is 5.92 Å². The van der Waals surface area contributed by atoms with Gasteiger partial charge >= 0.3 is 0 Å². The third-order valence-electron chi connectivity index (χ3n) is 5.26. The smallest absolute Gasteiger partial charge is 0.224 e. The molecule has 4 nitrogen and oxygen atoms in total. The molecule has 0 spiro atoms. The summed E-state index contributed by atoms with van der Waals surface area (Å²) >= 11 is 0. The first kappa shape index (κ1) is 17.4. The third-order valence-corrected chi connectivity index (χ3v) is 5.26. The largest absolute Gasteiger partial charge is 0.381 e. The number of piperidine rings is 1. The lowest BCUT2D eigenvalue weighted by Crippen LogP contribution is -2.45. The van der Waals surface area contributed by atoms with Crippen LogP contribution < -0.4 is 5.32 Å². The van der Waals surface area contributed by atoms with Gasteiger partial charge in [0, 0.05) is 26.2 Å². The summed E-state index contributed by atoms with van der Waals surface area (Å²) in [5, 5.41) is 3.17. The van der Waals surface area contributed by atoms with E-state index in [1.54, 1.807) is 0 Å². The molecule has 1 aromatic carbocycles. The molecular weight excluding hydrogens is 300 g/mol. The van der Waals surface area contributed by atoms with Crippen molar-refractivity contribution in [2.24, 2.45) is 11.8 Å². The molecule has 2 aliphatic heterocycles. The zero-order valence-corrected chi connectivity index (χ0v) is 14.6. The molecule has 2 saturated heterocycles. The number of carbonyl (C=O) groups excluding carboxylic acids is 1. The average Bonchev–Trinajstić information content (AvgIpc) is 2.66. The Balaban J connectivity index is 1.40.